The number of hydrogen-bond donors (Lipinski definition) is 0. The number of halogens is 1. The van der Waals surface area contributed by atoms with Gasteiger partial charge in [-0.3, -0.25) is 4.79 Å². The largest absolute Gasteiger partial charge is 0.464 e. The first-order chi connectivity index (χ1) is 5.07. The molecule has 0 aliphatic heterocycles. The van der Waals surface area contributed by atoms with Crippen LogP contribution in [0.3, 0.4) is 0 Å². The van der Waals surface area contributed by atoms with Crippen LogP contribution in [0.15, 0.2) is 0 Å². The zero-order chi connectivity index (χ0) is 8.85. The average Bonchev–Trinajstić information content (AvgIpc) is 1.98. The number of alkyl halides is 1. The molecule has 0 fully saturated rings. The van der Waals surface area contributed by atoms with Crippen LogP contribution in [0.25, 0.3) is 0 Å². The van der Waals surface area contributed by atoms with Crippen molar-refractivity contribution in [3.05, 3.63) is 0 Å². The lowest BCUT2D eigenvalue weighted by molar-refractivity contribution is -0.144. The Labute approximate surface area is 72.9 Å². The third kappa shape index (κ3) is 5.08. The Morgan fingerprint density at radius 1 is 1.55 bits per heavy atom. The minimum atomic E-state index is -0.478. The zero-order valence-electron chi connectivity index (χ0n) is 7.26. The maximum atomic E-state index is 10.9. The molecule has 0 heterocycles. The van der Waals surface area contributed by atoms with Gasteiger partial charge in [-0.15, -0.1) is 11.6 Å². The second kappa shape index (κ2) is 5.42. The quantitative estimate of drug-likeness (QED) is 0.488. The van der Waals surface area contributed by atoms with Gasteiger partial charge in [-0.25, -0.2) is 0 Å². The molecule has 1 atom stereocenters. The maximum absolute atomic E-state index is 10.9. The summed E-state index contributed by atoms with van der Waals surface area (Å²) in [5.74, 6) is 0.0718. The van der Waals surface area contributed by atoms with Crippen molar-refractivity contribution in [2.24, 2.45) is 5.92 Å². The molecule has 66 valence electrons. The Morgan fingerprint density at radius 3 is 2.45 bits per heavy atom. The van der Waals surface area contributed by atoms with Crippen LogP contribution in [0.1, 0.15) is 27.2 Å². The Kier molecular flexibility index (Phi) is 5.30. The van der Waals surface area contributed by atoms with Crippen LogP contribution < -0.4 is 0 Å². The van der Waals surface area contributed by atoms with Crippen LogP contribution >= 0.6 is 11.6 Å². The molecule has 0 spiro atoms. The molecule has 3 heteroatoms. The summed E-state index contributed by atoms with van der Waals surface area (Å²) in [5.41, 5.74) is 0. The summed E-state index contributed by atoms with van der Waals surface area (Å²) < 4.78 is 4.89. The number of rotatable bonds is 4. The summed E-state index contributed by atoms with van der Waals surface area (Å²) in [5, 5.41) is -0.478. The molecule has 0 aromatic heterocycles. The summed E-state index contributed by atoms with van der Waals surface area (Å²) in [6.45, 7) is 6.29. The molecule has 0 bridgehead atoms. The average molecular weight is 179 g/mol. The number of carbonyl (C=O) groups excluding carboxylic acids is 1. The Hall–Kier alpha value is -0.240. The van der Waals surface area contributed by atoms with Crippen LogP contribution in [-0.4, -0.2) is 18.0 Å². The van der Waals surface area contributed by atoms with Crippen molar-refractivity contribution in [1.82, 2.24) is 0 Å². The van der Waals surface area contributed by atoms with E-state index in [0.29, 0.717) is 18.9 Å². The molecule has 0 aliphatic rings. The van der Waals surface area contributed by atoms with Gasteiger partial charge in [-0.1, -0.05) is 20.8 Å². The minimum Gasteiger partial charge on any atom is -0.464 e. The third-order valence-electron chi connectivity index (χ3n) is 1.17. The maximum Gasteiger partial charge on any atom is 0.324 e. The fourth-order valence-corrected chi connectivity index (χ4v) is 0.569. The molecule has 0 saturated carbocycles. The highest BCUT2D eigenvalue weighted by Crippen LogP contribution is 2.04. The number of esters is 1. The van der Waals surface area contributed by atoms with E-state index in [-0.39, 0.29) is 5.97 Å². The zero-order valence-corrected chi connectivity index (χ0v) is 8.02. The first-order valence-electron chi connectivity index (χ1n) is 3.88. The van der Waals surface area contributed by atoms with Gasteiger partial charge < -0.3 is 4.74 Å². The first-order valence-corrected chi connectivity index (χ1v) is 4.32. The highest BCUT2D eigenvalue weighted by molar-refractivity contribution is 6.29. The van der Waals surface area contributed by atoms with Crippen molar-refractivity contribution >= 4 is 17.6 Å². The summed E-state index contributed by atoms with van der Waals surface area (Å²) in [7, 11) is 0. The number of carbonyl (C=O) groups is 1. The second-order valence-electron chi connectivity index (χ2n) is 2.90. The number of hydrogen-bond acceptors (Lipinski definition) is 2. The van der Waals surface area contributed by atoms with Gasteiger partial charge in [-0.2, -0.15) is 0 Å². The normalized spacial score (nSPS) is 13.2. The molecule has 0 unspecified atom stereocenters. The van der Waals surface area contributed by atoms with E-state index in [0.717, 1.165) is 0 Å². The van der Waals surface area contributed by atoms with E-state index in [4.69, 9.17) is 16.3 Å². The standard InChI is InChI=1S/C8H15ClO2/c1-4-7(9)8(10)11-5-6(2)3/h6-7H,4-5H2,1-3H3/t7-/m1/s1. The van der Waals surface area contributed by atoms with E-state index < -0.39 is 5.38 Å². The van der Waals surface area contributed by atoms with E-state index >= 15 is 0 Å². The minimum absolute atomic E-state index is 0.303. The first kappa shape index (κ1) is 10.8. The highest BCUT2D eigenvalue weighted by Gasteiger charge is 2.14. The predicted octanol–water partition coefficient (Wildman–Crippen LogP) is 2.20. The van der Waals surface area contributed by atoms with Gasteiger partial charge in [0.05, 0.1) is 6.61 Å². The molecule has 0 N–H and O–H groups in total. The lowest BCUT2D eigenvalue weighted by Gasteiger charge is -2.09. The van der Waals surface area contributed by atoms with Gasteiger partial charge in [0.25, 0.3) is 0 Å². The third-order valence-corrected chi connectivity index (χ3v) is 1.66. The van der Waals surface area contributed by atoms with Crippen molar-refractivity contribution in [2.75, 3.05) is 6.61 Å². The molecule has 0 amide bonds. The van der Waals surface area contributed by atoms with Crippen LogP contribution in [0.5, 0.6) is 0 Å². The molecular weight excluding hydrogens is 164 g/mol. The fraction of sp³-hybridized carbons (Fsp3) is 0.875. The van der Waals surface area contributed by atoms with E-state index in [1.807, 2.05) is 20.8 Å². The molecule has 0 aliphatic carbocycles. The Morgan fingerprint density at radius 2 is 2.09 bits per heavy atom. The van der Waals surface area contributed by atoms with Crippen LogP contribution in [0.4, 0.5) is 0 Å². The van der Waals surface area contributed by atoms with Crippen LogP contribution in [0.2, 0.25) is 0 Å². The smallest absolute Gasteiger partial charge is 0.324 e. The SMILES string of the molecule is CC[C@@H](Cl)C(=O)OCC(C)C. The van der Waals surface area contributed by atoms with Crippen molar-refractivity contribution in [3.8, 4) is 0 Å². The molecule has 0 radical (unpaired) electrons. The van der Waals surface area contributed by atoms with Crippen molar-refractivity contribution in [2.45, 2.75) is 32.6 Å². The van der Waals surface area contributed by atoms with Gasteiger partial charge in [0.1, 0.15) is 5.38 Å². The lowest BCUT2D eigenvalue weighted by atomic mass is 10.2. The molecule has 0 aromatic rings. The fourth-order valence-electron chi connectivity index (χ4n) is 0.506. The molecule has 0 rings (SSSR count). The summed E-state index contributed by atoms with van der Waals surface area (Å²) in [6, 6.07) is 0. The predicted molar refractivity (Wildman–Crippen MR) is 45.7 cm³/mol. The molecule has 0 saturated heterocycles. The topological polar surface area (TPSA) is 26.3 Å². The van der Waals surface area contributed by atoms with Gasteiger partial charge >= 0.3 is 5.97 Å². The molecule has 2 nitrogen and oxygen atoms in total. The van der Waals surface area contributed by atoms with Crippen LogP contribution in [0, 0.1) is 5.92 Å². The summed E-state index contributed by atoms with van der Waals surface area (Å²) in [4.78, 5) is 10.9. The van der Waals surface area contributed by atoms with E-state index in [1.54, 1.807) is 0 Å². The van der Waals surface area contributed by atoms with E-state index in [2.05, 4.69) is 0 Å². The monoisotopic (exact) mass is 178 g/mol. The Bertz CT molecular complexity index is 123. The molecule has 11 heavy (non-hydrogen) atoms. The highest BCUT2D eigenvalue weighted by atomic mass is 35.5. The Balaban J connectivity index is 3.52. The van der Waals surface area contributed by atoms with Crippen molar-refractivity contribution in [1.29, 1.82) is 0 Å². The van der Waals surface area contributed by atoms with Gasteiger partial charge in [-0.05, 0) is 12.3 Å². The summed E-state index contributed by atoms with van der Waals surface area (Å²) >= 11 is 5.62. The molecular formula is C8H15ClO2. The van der Waals surface area contributed by atoms with E-state index in [9.17, 15) is 4.79 Å². The van der Waals surface area contributed by atoms with Crippen LogP contribution in [-0.2, 0) is 9.53 Å². The molecule has 0 aromatic carbocycles. The second-order valence-corrected chi connectivity index (χ2v) is 3.43. The van der Waals surface area contributed by atoms with E-state index in [1.165, 1.54) is 0 Å². The van der Waals surface area contributed by atoms with Crippen molar-refractivity contribution in [3.63, 3.8) is 0 Å². The van der Waals surface area contributed by atoms with Crippen molar-refractivity contribution < 1.29 is 9.53 Å². The summed E-state index contributed by atoms with van der Waals surface area (Å²) in [6.07, 6.45) is 0.623. The van der Waals surface area contributed by atoms with Gasteiger partial charge in [0.15, 0.2) is 0 Å². The number of ether oxygens (including phenoxy) is 1. The van der Waals surface area contributed by atoms with Gasteiger partial charge in [0.2, 0.25) is 0 Å². The van der Waals surface area contributed by atoms with Gasteiger partial charge in [0, 0.05) is 0 Å². The lowest BCUT2D eigenvalue weighted by Crippen LogP contribution is -2.19.